The Bertz CT molecular complexity index is 315. The highest BCUT2D eigenvalue weighted by Crippen LogP contribution is 2.26. The molecule has 1 aromatic rings. The normalized spacial score (nSPS) is 16.6. The first-order chi connectivity index (χ1) is 5.68. The third kappa shape index (κ3) is 1.05. The van der Waals surface area contributed by atoms with E-state index in [2.05, 4.69) is 37.9 Å². The molecule has 1 heteroatoms. The van der Waals surface area contributed by atoms with Crippen LogP contribution >= 0.6 is 0 Å². The van der Waals surface area contributed by atoms with Crippen molar-refractivity contribution in [3.8, 4) is 0 Å². The van der Waals surface area contributed by atoms with Crippen molar-refractivity contribution in [1.82, 2.24) is 4.90 Å². The monoisotopic (exact) mass is 161 g/mol. The van der Waals surface area contributed by atoms with Crippen LogP contribution in [0.5, 0.6) is 0 Å². The molecular formula is C11H15N. The lowest BCUT2D eigenvalue weighted by atomic mass is 10.0. The van der Waals surface area contributed by atoms with E-state index >= 15 is 0 Å². The molecule has 0 amide bonds. The molecule has 1 nitrogen and oxygen atoms in total. The highest BCUT2D eigenvalue weighted by molar-refractivity contribution is 5.41. The van der Waals surface area contributed by atoms with Crippen molar-refractivity contribution in [2.45, 2.75) is 26.9 Å². The summed E-state index contributed by atoms with van der Waals surface area (Å²) in [5, 5.41) is 0. The zero-order valence-corrected chi connectivity index (χ0v) is 8.02. The molecule has 2 rings (SSSR count). The van der Waals surface area contributed by atoms with Crippen molar-refractivity contribution in [3.63, 3.8) is 0 Å². The summed E-state index contributed by atoms with van der Waals surface area (Å²) < 4.78 is 0. The average molecular weight is 161 g/mol. The van der Waals surface area contributed by atoms with Crippen molar-refractivity contribution in [2.75, 3.05) is 7.05 Å². The molecule has 0 bridgehead atoms. The number of benzene rings is 1. The van der Waals surface area contributed by atoms with E-state index in [4.69, 9.17) is 0 Å². The lowest BCUT2D eigenvalue weighted by Crippen LogP contribution is -2.07. The van der Waals surface area contributed by atoms with E-state index in [0.29, 0.717) is 0 Å². The SMILES string of the molecule is Cc1ccc2c(c1C)CN(C)C2. The van der Waals surface area contributed by atoms with E-state index in [9.17, 15) is 0 Å². The summed E-state index contributed by atoms with van der Waals surface area (Å²) in [6.45, 7) is 6.67. The number of fused-ring (bicyclic) bond motifs is 1. The van der Waals surface area contributed by atoms with Gasteiger partial charge in [0.1, 0.15) is 0 Å². The van der Waals surface area contributed by atoms with Crippen LogP contribution in [0.3, 0.4) is 0 Å². The van der Waals surface area contributed by atoms with Crippen molar-refractivity contribution in [3.05, 3.63) is 34.4 Å². The standard InChI is InChI=1S/C11H15N/c1-8-4-5-10-6-12(3)7-11(10)9(8)2/h4-5H,6-7H2,1-3H3. The molecular weight excluding hydrogens is 146 g/mol. The zero-order chi connectivity index (χ0) is 8.72. The minimum absolute atomic E-state index is 1.12. The highest BCUT2D eigenvalue weighted by atomic mass is 15.1. The van der Waals surface area contributed by atoms with Crippen molar-refractivity contribution < 1.29 is 0 Å². The first kappa shape index (κ1) is 7.81. The number of hydrogen-bond acceptors (Lipinski definition) is 1. The molecule has 0 saturated carbocycles. The molecule has 1 heterocycles. The first-order valence-electron chi connectivity index (χ1n) is 4.45. The molecule has 1 aliphatic rings. The van der Waals surface area contributed by atoms with Crippen molar-refractivity contribution >= 4 is 0 Å². The highest BCUT2D eigenvalue weighted by Gasteiger charge is 2.17. The molecule has 0 unspecified atom stereocenters. The smallest absolute Gasteiger partial charge is 0.0240 e. The Morgan fingerprint density at radius 2 is 1.92 bits per heavy atom. The Labute approximate surface area is 74.0 Å². The van der Waals surface area contributed by atoms with Crippen molar-refractivity contribution in [1.29, 1.82) is 0 Å². The molecule has 0 aromatic heterocycles. The third-order valence-electron chi connectivity index (χ3n) is 2.83. The fourth-order valence-corrected chi connectivity index (χ4v) is 1.91. The van der Waals surface area contributed by atoms with Gasteiger partial charge in [-0.1, -0.05) is 12.1 Å². The summed E-state index contributed by atoms with van der Waals surface area (Å²) >= 11 is 0. The van der Waals surface area contributed by atoms with Crippen molar-refractivity contribution in [2.24, 2.45) is 0 Å². The lowest BCUT2D eigenvalue weighted by Gasteiger charge is -2.06. The summed E-state index contributed by atoms with van der Waals surface area (Å²) in [7, 11) is 2.18. The average Bonchev–Trinajstić information content (AvgIpc) is 2.39. The van der Waals surface area contributed by atoms with Gasteiger partial charge in [0, 0.05) is 13.1 Å². The Balaban J connectivity index is 2.54. The molecule has 0 spiro atoms. The van der Waals surface area contributed by atoms with Crippen LogP contribution in [-0.2, 0) is 13.1 Å². The topological polar surface area (TPSA) is 3.24 Å². The molecule has 0 saturated heterocycles. The molecule has 0 aliphatic carbocycles. The summed E-state index contributed by atoms with van der Waals surface area (Å²) in [5.74, 6) is 0. The minimum atomic E-state index is 1.12. The van der Waals surface area contributed by atoms with Gasteiger partial charge in [0.15, 0.2) is 0 Å². The van der Waals surface area contributed by atoms with Crippen LogP contribution in [0.15, 0.2) is 12.1 Å². The molecule has 0 N–H and O–H groups in total. The second-order valence-corrected chi connectivity index (χ2v) is 3.82. The number of hydrogen-bond donors (Lipinski definition) is 0. The van der Waals surface area contributed by atoms with Gasteiger partial charge in [-0.25, -0.2) is 0 Å². The van der Waals surface area contributed by atoms with Crippen LogP contribution in [0.1, 0.15) is 22.3 Å². The van der Waals surface area contributed by atoms with Gasteiger partial charge in [-0.15, -0.1) is 0 Å². The molecule has 12 heavy (non-hydrogen) atoms. The Hall–Kier alpha value is -0.820. The summed E-state index contributed by atoms with van der Waals surface area (Å²) in [6.07, 6.45) is 0. The van der Waals surface area contributed by atoms with E-state index < -0.39 is 0 Å². The van der Waals surface area contributed by atoms with Gasteiger partial charge in [-0.2, -0.15) is 0 Å². The van der Waals surface area contributed by atoms with Crippen LogP contribution in [-0.4, -0.2) is 11.9 Å². The van der Waals surface area contributed by atoms with Gasteiger partial charge >= 0.3 is 0 Å². The van der Waals surface area contributed by atoms with Gasteiger partial charge in [0.05, 0.1) is 0 Å². The lowest BCUT2D eigenvalue weighted by molar-refractivity contribution is 0.353. The zero-order valence-electron chi connectivity index (χ0n) is 8.02. The third-order valence-corrected chi connectivity index (χ3v) is 2.83. The minimum Gasteiger partial charge on any atom is -0.298 e. The van der Waals surface area contributed by atoms with Gasteiger partial charge in [0.2, 0.25) is 0 Å². The van der Waals surface area contributed by atoms with Crippen LogP contribution < -0.4 is 0 Å². The van der Waals surface area contributed by atoms with Gasteiger partial charge in [-0.3, -0.25) is 4.90 Å². The summed E-state index contributed by atoms with van der Waals surface area (Å²) in [4.78, 5) is 2.36. The Morgan fingerprint density at radius 1 is 1.17 bits per heavy atom. The van der Waals surface area contributed by atoms with Gasteiger partial charge in [0.25, 0.3) is 0 Å². The number of aryl methyl sites for hydroxylation is 1. The fraction of sp³-hybridized carbons (Fsp3) is 0.455. The van der Waals surface area contributed by atoms with E-state index in [-0.39, 0.29) is 0 Å². The first-order valence-corrected chi connectivity index (χ1v) is 4.45. The van der Waals surface area contributed by atoms with Crippen LogP contribution in [0.4, 0.5) is 0 Å². The number of nitrogens with zero attached hydrogens (tertiary/aromatic N) is 1. The van der Waals surface area contributed by atoms with E-state index in [1.54, 1.807) is 5.56 Å². The predicted octanol–water partition coefficient (Wildman–Crippen LogP) is 2.25. The summed E-state index contributed by atoms with van der Waals surface area (Å²) in [5.41, 5.74) is 5.97. The van der Waals surface area contributed by atoms with E-state index in [1.165, 1.54) is 16.7 Å². The Morgan fingerprint density at radius 3 is 2.67 bits per heavy atom. The second kappa shape index (κ2) is 2.60. The maximum atomic E-state index is 2.36. The molecule has 64 valence electrons. The molecule has 0 atom stereocenters. The fourth-order valence-electron chi connectivity index (χ4n) is 1.91. The number of rotatable bonds is 0. The van der Waals surface area contributed by atoms with E-state index in [1.807, 2.05) is 0 Å². The van der Waals surface area contributed by atoms with Crippen LogP contribution in [0.2, 0.25) is 0 Å². The van der Waals surface area contributed by atoms with Gasteiger partial charge in [-0.05, 0) is 43.1 Å². The molecule has 0 radical (unpaired) electrons. The molecule has 1 aliphatic heterocycles. The summed E-state index contributed by atoms with van der Waals surface area (Å²) in [6, 6.07) is 4.49. The quantitative estimate of drug-likeness (QED) is 0.564. The van der Waals surface area contributed by atoms with Crippen LogP contribution in [0.25, 0.3) is 0 Å². The second-order valence-electron chi connectivity index (χ2n) is 3.82. The maximum absolute atomic E-state index is 2.36. The molecule has 0 fully saturated rings. The predicted molar refractivity (Wildman–Crippen MR) is 51.1 cm³/mol. The Kier molecular flexibility index (Phi) is 1.69. The maximum Gasteiger partial charge on any atom is 0.0240 e. The van der Waals surface area contributed by atoms with E-state index in [0.717, 1.165) is 13.1 Å². The van der Waals surface area contributed by atoms with Crippen LogP contribution in [0, 0.1) is 13.8 Å². The molecule has 1 aromatic carbocycles. The van der Waals surface area contributed by atoms with Gasteiger partial charge < -0.3 is 0 Å². The largest absolute Gasteiger partial charge is 0.298 e.